The van der Waals surface area contributed by atoms with Crippen molar-refractivity contribution < 1.29 is 31.5 Å². The van der Waals surface area contributed by atoms with Gasteiger partial charge in [0.1, 0.15) is 23.8 Å². The summed E-state index contributed by atoms with van der Waals surface area (Å²) in [5.41, 5.74) is -1.48. The maximum absolute atomic E-state index is 15.3. The van der Waals surface area contributed by atoms with Gasteiger partial charge in [0, 0.05) is 25.7 Å². The van der Waals surface area contributed by atoms with Gasteiger partial charge in [-0.25, -0.2) is 31.4 Å². The Morgan fingerprint density at radius 2 is 1.67 bits per heavy atom. The van der Waals surface area contributed by atoms with Crippen LogP contribution in [0, 0.1) is 11.6 Å². The van der Waals surface area contributed by atoms with Gasteiger partial charge in [-0.15, -0.1) is 0 Å². The number of carbonyl (C=O) groups excluding carboxylic acids is 2. The van der Waals surface area contributed by atoms with E-state index < -0.39 is 62.1 Å². The number of esters is 1. The van der Waals surface area contributed by atoms with Gasteiger partial charge in [0.15, 0.2) is 0 Å². The first-order chi connectivity index (χ1) is 24.4. The molecule has 1 amide bonds. The Balaban J connectivity index is 1.25. The Morgan fingerprint density at radius 1 is 0.961 bits per heavy atom. The van der Waals surface area contributed by atoms with Crippen LogP contribution >= 0.6 is 0 Å². The topological polar surface area (TPSA) is 158 Å². The Kier molecular flexibility index (Phi) is 10.1. The maximum Gasteiger partial charge on any atom is 0.335 e. The summed E-state index contributed by atoms with van der Waals surface area (Å²) < 4.78 is 65.8. The molecule has 2 aromatic heterocycles. The number of sulfonamides is 1. The van der Waals surface area contributed by atoms with Gasteiger partial charge in [-0.3, -0.25) is 23.9 Å². The first-order valence-corrected chi connectivity index (χ1v) is 17.6. The predicted octanol–water partition coefficient (Wildman–Crippen LogP) is 4.38. The number of aryl methyl sites for hydroxylation is 1. The number of hydrogen-bond acceptors (Lipinski definition) is 8. The third kappa shape index (κ3) is 7.57. The van der Waals surface area contributed by atoms with Crippen LogP contribution < -0.4 is 21.3 Å². The maximum atomic E-state index is 15.3. The molecule has 1 saturated carbocycles. The van der Waals surface area contributed by atoms with Crippen molar-refractivity contribution in [2.45, 2.75) is 55.6 Å². The average molecular weight is 718 g/mol. The Labute approximate surface area is 290 Å². The van der Waals surface area contributed by atoms with Gasteiger partial charge in [-0.1, -0.05) is 36.8 Å². The molecule has 0 saturated heterocycles. The van der Waals surface area contributed by atoms with Crippen LogP contribution in [0.3, 0.4) is 0 Å². The Morgan fingerprint density at radius 3 is 2.37 bits per heavy atom. The highest BCUT2D eigenvalue weighted by Crippen LogP contribution is 2.24. The van der Waals surface area contributed by atoms with Gasteiger partial charge < -0.3 is 10.1 Å². The molecule has 1 fully saturated rings. The minimum atomic E-state index is -4.26. The Hall–Kier alpha value is -5.70. The van der Waals surface area contributed by atoms with Crippen molar-refractivity contribution >= 4 is 38.5 Å². The van der Waals surface area contributed by atoms with Crippen molar-refractivity contribution in [2.24, 2.45) is 7.05 Å². The number of aromatic nitrogens is 3. The van der Waals surface area contributed by atoms with E-state index in [-0.39, 0.29) is 28.5 Å². The van der Waals surface area contributed by atoms with Crippen molar-refractivity contribution in [3.63, 3.8) is 0 Å². The fourth-order valence-corrected chi connectivity index (χ4v) is 7.08. The van der Waals surface area contributed by atoms with Crippen LogP contribution in [0.1, 0.15) is 48.0 Å². The number of carbonyl (C=O) groups is 2. The fraction of sp³-hybridized carbons (Fsp3) is 0.250. The largest absolute Gasteiger partial charge is 0.461 e. The lowest BCUT2D eigenvalue weighted by Gasteiger charge is -2.25. The average Bonchev–Trinajstić information content (AvgIpc) is 3.13. The summed E-state index contributed by atoms with van der Waals surface area (Å²) in [6, 6.07) is 14.5. The molecule has 0 radical (unpaired) electrons. The number of rotatable bonds is 10. The molecule has 0 unspecified atom stereocenters. The number of nitrogens with one attached hydrogen (secondary N) is 2. The third-order valence-electron chi connectivity index (χ3n) is 8.73. The summed E-state index contributed by atoms with van der Waals surface area (Å²) in [7, 11) is -2.74. The van der Waals surface area contributed by atoms with E-state index in [2.05, 4.69) is 10.3 Å². The molecule has 1 atom stereocenters. The third-order valence-corrected chi connectivity index (χ3v) is 10.1. The number of amides is 1. The molecule has 1 aliphatic rings. The number of fused-ring (bicyclic) bond motifs is 1. The molecule has 15 heteroatoms. The molecule has 0 spiro atoms. The fourth-order valence-electron chi connectivity index (χ4n) is 6.00. The van der Waals surface area contributed by atoms with E-state index >= 15 is 8.78 Å². The quantitative estimate of drug-likeness (QED) is 0.202. The van der Waals surface area contributed by atoms with Gasteiger partial charge in [-0.2, -0.15) is 0 Å². The van der Waals surface area contributed by atoms with Crippen molar-refractivity contribution in [3.05, 3.63) is 129 Å². The van der Waals surface area contributed by atoms with Crippen LogP contribution in [0.5, 0.6) is 0 Å². The lowest BCUT2D eigenvalue weighted by Crippen LogP contribution is -2.45. The zero-order valence-electron chi connectivity index (χ0n) is 27.3. The second-order valence-electron chi connectivity index (χ2n) is 12.2. The molecule has 0 bridgehead atoms. The smallest absolute Gasteiger partial charge is 0.335 e. The number of anilines is 1. The molecule has 5 aromatic rings. The van der Waals surface area contributed by atoms with Crippen LogP contribution in [-0.2, 0) is 33.0 Å². The summed E-state index contributed by atoms with van der Waals surface area (Å²) in [5.74, 6) is -4.36. The number of hydrogen-bond donors (Lipinski definition) is 2. The van der Waals surface area contributed by atoms with E-state index in [9.17, 15) is 27.6 Å². The highest BCUT2D eigenvalue weighted by Gasteiger charge is 2.29. The number of halogens is 2. The summed E-state index contributed by atoms with van der Waals surface area (Å²) in [6.07, 6.45) is 6.40. The highest BCUT2D eigenvalue weighted by molar-refractivity contribution is 7.92. The minimum absolute atomic E-state index is 0.132. The monoisotopic (exact) mass is 717 g/mol. The summed E-state index contributed by atoms with van der Waals surface area (Å²) in [5, 5.41) is 2.74. The van der Waals surface area contributed by atoms with E-state index in [0.717, 1.165) is 23.8 Å². The van der Waals surface area contributed by atoms with Crippen LogP contribution in [0.15, 0.2) is 99.7 Å². The number of ether oxygens (including phenoxy) is 1. The van der Waals surface area contributed by atoms with E-state index in [1.165, 1.54) is 66.5 Å². The normalized spacial score (nSPS) is 14.2. The van der Waals surface area contributed by atoms with E-state index in [0.29, 0.717) is 36.1 Å². The van der Waals surface area contributed by atoms with Crippen molar-refractivity contribution in [1.29, 1.82) is 0 Å². The Bertz CT molecular complexity index is 2340. The second-order valence-corrected chi connectivity index (χ2v) is 13.9. The van der Waals surface area contributed by atoms with Crippen molar-refractivity contribution in [3.8, 4) is 5.69 Å². The number of pyridine rings is 1. The van der Waals surface area contributed by atoms with Gasteiger partial charge in [0.25, 0.3) is 21.5 Å². The van der Waals surface area contributed by atoms with Gasteiger partial charge in [0.2, 0.25) is 0 Å². The van der Waals surface area contributed by atoms with Crippen LogP contribution in [0.4, 0.5) is 14.5 Å². The van der Waals surface area contributed by atoms with E-state index in [1.807, 2.05) is 4.72 Å². The highest BCUT2D eigenvalue weighted by atomic mass is 32.2. The van der Waals surface area contributed by atoms with Gasteiger partial charge >= 0.3 is 11.7 Å². The van der Waals surface area contributed by atoms with Crippen LogP contribution in [0.25, 0.3) is 16.6 Å². The molecule has 0 aliphatic heterocycles. The molecule has 51 heavy (non-hydrogen) atoms. The molecular formula is C36H33F2N5O7S. The van der Waals surface area contributed by atoms with Gasteiger partial charge in [0.05, 0.1) is 38.9 Å². The summed E-state index contributed by atoms with van der Waals surface area (Å²) in [6.45, 7) is 0. The zero-order chi connectivity index (χ0) is 36.3. The van der Waals surface area contributed by atoms with Crippen molar-refractivity contribution in [2.75, 3.05) is 4.72 Å². The first-order valence-electron chi connectivity index (χ1n) is 16.2. The first kappa shape index (κ1) is 35.1. The molecule has 3 aromatic carbocycles. The molecule has 2 N–H and O–H groups in total. The standard InChI is InChI=1S/C36H33F2N5O7S/c1-42-32-21-39-17-16-26(32)34(45)43(36(42)47)23-14-12-22(13-15-23)18-31(35(46)50-24-8-4-2-5-9-24)40-33(44)27-19-29(38)30(20-28(27)37)41-51(48,49)25-10-6-3-7-11-25/h3,6-7,10-17,19-21,24,31,41H,2,4-5,8-9,18H2,1H3,(H,40,44)/t31-/m0/s1. The molecular weight excluding hydrogens is 684 g/mol. The molecule has 2 heterocycles. The van der Waals surface area contributed by atoms with E-state index in [4.69, 9.17) is 4.74 Å². The summed E-state index contributed by atoms with van der Waals surface area (Å²) >= 11 is 0. The lowest BCUT2D eigenvalue weighted by molar-refractivity contribution is -0.152. The van der Waals surface area contributed by atoms with Crippen LogP contribution in [-0.4, -0.2) is 46.6 Å². The minimum Gasteiger partial charge on any atom is -0.461 e. The predicted molar refractivity (Wildman–Crippen MR) is 184 cm³/mol. The molecule has 6 rings (SSSR count). The SMILES string of the molecule is Cn1c(=O)n(-c2ccc(C[C@H](NC(=O)c3cc(F)c(NS(=O)(=O)c4ccccc4)cc3F)C(=O)OC3CCCCC3)cc2)c(=O)c2ccncc21. The van der Waals surface area contributed by atoms with Crippen LogP contribution in [0.2, 0.25) is 0 Å². The molecule has 12 nitrogen and oxygen atoms in total. The summed E-state index contributed by atoms with van der Waals surface area (Å²) in [4.78, 5) is 56.9. The van der Waals surface area contributed by atoms with Gasteiger partial charge in [-0.05, 0) is 67.6 Å². The zero-order valence-corrected chi connectivity index (χ0v) is 28.2. The lowest BCUT2D eigenvalue weighted by atomic mass is 9.97. The number of benzene rings is 3. The molecule has 1 aliphatic carbocycles. The second kappa shape index (κ2) is 14.6. The number of nitrogens with zero attached hydrogens (tertiary/aromatic N) is 3. The van der Waals surface area contributed by atoms with Crippen molar-refractivity contribution in [1.82, 2.24) is 19.4 Å². The van der Waals surface area contributed by atoms with E-state index in [1.54, 1.807) is 18.2 Å². The molecule has 264 valence electrons.